The van der Waals surface area contributed by atoms with Gasteiger partial charge in [-0.25, -0.2) is 0 Å². The van der Waals surface area contributed by atoms with E-state index in [4.69, 9.17) is 33.7 Å². The lowest BCUT2D eigenvalue weighted by molar-refractivity contribution is -0.0684. The van der Waals surface area contributed by atoms with Gasteiger partial charge in [0.2, 0.25) is 0 Å². The molecule has 1 aliphatic heterocycles. The third-order valence-electron chi connectivity index (χ3n) is 3.63. The van der Waals surface area contributed by atoms with Gasteiger partial charge in [0.15, 0.2) is 0 Å². The smallest absolute Gasteiger partial charge is 0.0678 e. The van der Waals surface area contributed by atoms with Crippen molar-refractivity contribution in [1.29, 1.82) is 0 Å². The molecule has 0 saturated carbocycles. The highest BCUT2D eigenvalue weighted by Crippen LogP contribution is 2.30. The van der Waals surface area contributed by atoms with E-state index in [0.29, 0.717) is 10.0 Å². The third kappa shape index (κ3) is 4.09. The van der Waals surface area contributed by atoms with E-state index >= 15 is 0 Å². The Labute approximate surface area is 131 Å². The predicted octanol–water partition coefficient (Wildman–Crippen LogP) is 3.49. The summed E-state index contributed by atoms with van der Waals surface area (Å²) in [5, 5.41) is 1.14. The summed E-state index contributed by atoms with van der Waals surface area (Å²) in [5.74, 6) is 0. The Morgan fingerprint density at radius 1 is 1.30 bits per heavy atom. The number of hydrogen-bond donors (Lipinski definition) is 1. The van der Waals surface area contributed by atoms with Crippen molar-refractivity contribution in [2.45, 2.75) is 38.5 Å². The molecule has 3 unspecified atom stereocenters. The number of nitrogens with two attached hydrogens (primary N) is 1. The second-order valence-electron chi connectivity index (χ2n) is 5.56. The molecule has 0 radical (unpaired) electrons. The lowest BCUT2D eigenvalue weighted by Gasteiger charge is -2.35. The fourth-order valence-corrected chi connectivity index (χ4v) is 3.20. The van der Waals surface area contributed by atoms with Gasteiger partial charge in [-0.3, -0.25) is 4.90 Å². The molecule has 1 aromatic carbocycles. The van der Waals surface area contributed by atoms with E-state index in [9.17, 15) is 0 Å². The lowest BCUT2D eigenvalue weighted by atomic mass is 10.0. The van der Waals surface area contributed by atoms with Gasteiger partial charge in [-0.15, -0.1) is 0 Å². The minimum atomic E-state index is -0.0883. The maximum Gasteiger partial charge on any atom is 0.0678 e. The number of benzene rings is 1. The van der Waals surface area contributed by atoms with E-state index in [1.807, 2.05) is 12.1 Å². The van der Waals surface area contributed by atoms with E-state index < -0.39 is 0 Å². The first kappa shape index (κ1) is 16.1. The minimum Gasteiger partial charge on any atom is -0.373 e. The third-order valence-corrected chi connectivity index (χ3v) is 4.47. The van der Waals surface area contributed by atoms with Crippen LogP contribution in [0.25, 0.3) is 0 Å². The van der Waals surface area contributed by atoms with Crippen LogP contribution in [0, 0.1) is 0 Å². The highest BCUT2D eigenvalue weighted by atomic mass is 35.5. The van der Waals surface area contributed by atoms with Crippen molar-refractivity contribution in [2.75, 3.05) is 19.6 Å². The molecule has 0 spiro atoms. The van der Waals surface area contributed by atoms with E-state index in [-0.39, 0.29) is 18.2 Å². The molecule has 1 saturated heterocycles. The number of hydrogen-bond acceptors (Lipinski definition) is 3. The molecule has 3 atom stereocenters. The van der Waals surface area contributed by atoms with Crippen LogP contribution in [-0.2, 0) is 4.74 Å². The summed E-state index contributed by atoms with van der Waals surface area (Å²) in [7, 11) is 0. The Morgan fingerprint density at radius 2 is 1.95 bits per heavy atom. The first-order chi connectivity index (χ1) is 9.47. The molecule has 2 N–H and O–H groups in total. The zero-order valence-electron chi connectivity index (χ0n) is 12.0. The molecule has 1 aromatic rings. The van der Waals surface area contributed by atoms with Crippen molar-refractivity contribution in [2.24, 2.45) is 5.73 Å². The van der Waals surface area contributed by atoms with Gasteiger partial charge in [-0.1, -0.05) is 35.3 Å². The zero-order chi connectivity index (χ0) is 14.7. The molecule has 0 aliphatic carbocycles. The van der Waals surface area contributed by atoms with Crippen LogP contribution in [0.15, 0.2) is 18.2 Å². The zero-order valence-corrected chi connectivity index (χ0v) is 13.5. The van der Waals surface area contributed by atoms with Crippen LogP contribution in [0.5, 0.6) is 0 Å². The number of ether oxygens (including phenoxy) is 1. The van der Waals surface area contributed by atoms with Crippen molar-refractivity contribution >= 4 is 23.2 Å². The first-order valence-electron chi connectivity index (χ1n) is 7.04. The van der Waals surface area contributed by atoms with Crippen LogP contribution < -0.4 is 5.73 Å². The normalized spacial score (nSPS) is 25.6. The van der Waals surface area contributed by atoms with Crippen LogP contribution in [0.4, 0.5) is 0 Å². The number of halogens is 2. The van der Waals surface area contributed by atoms with E-state index in [1.165, 1.54) is 0 Å². The van der Waals surface area contributed by atoms with E-state index in [2.05, 4.69) is 18.7 Å². The quantitative estimate of drug-likeness (QED) is 0.924. The van der Waals surface area contributed by atoms with Gasteiger partial charge in [0.25, 0.3) is 0 Å². The molecule has 2 rings (SSSR count). The average Bonchev–Trinajstić information content (AvgIpc) is 2.38. The molecule has 1 fully saturated rings. The number of morpholine rings is 1. The molecule has 112 valence electrons. The Balaban J connectivity index is 1.91. The summed E-state index contributed by atoms with van der Waals surface area (Å²) in [6.07, 6.45) is 1.42. The van der Waals surface area contributed by atoms with Crippen molar-refractivity contribution in [1.82, 2.24) is 4.90 Å². The van der Waals surface area contributed by atoms with Crippen LogP contribution in [0.2, 0.25) is 10.0 Å². The largest absolute Gasteiger partial charge is 0.373 e. The van der Waals surface area contributed by atoms with Crippen LogP contribution >= 0.6 is 23.2 Å². The van der Waals surface area contributed by atoms with Crippen molar-refractivity contribution in [3.8, 4) is 0 Å². The Hall–Kier alpha value is -0.320. The van der Waals surface area contributed by atoms with Crippen molar-refractivity contribution < 1.29 is 4.74 Å². The maximum absolute atomic E-state index is 6.25. The topological polar surface area (TPSA) is 38.5 Å². The molecule has 0 amide bonds. The summed E-state index contributed by atoms with van der Waals surface area (Å²) < 4.78 is 5.73. The molecule has 1 heterocycles. The van der Waals surface area contributed by atoms with Gasteiger partial charge >= 0.3 is 0 Å². The SMILES string of the molecule is CC1CN(CCC(N)c2cccc(Cl)c2Cl)CC(C)O1. The lowest BCUT2D eigenvalue weighted by Crippen LogP contribution is -2.46. The summed E-state index contributed by atoms with van der Waals surface area (Å²) in [4.78, 5) is 2.40. The average molecular weight is 317 g/mol. The van der Waals surface area contributed by atoms with Gasteiger partial charge in [-0.2, -0.15) is 0 Å². The van der Waals surface area contributed by atoms with Gasteiger partial charge in [0, 0.05) is 25.7 Å². The first-order valence-corrected chi connectivity index (χ1v) is 7.80. The van der Waals surface area contributed by atoms with Gasteiger partial charge in [0.1, 0.15) is 0 Å². The molecule has 5 heteroatoms. The molecule has 1 aliphatic rings. The molecular formula is C15H22Cl2N2O. The van der Waals surface area contributed by atoms with Crippen LogP contribution in [0.3, 0.4) is 0 Å². The fraction of sp³-hybridized carbons (Fsp3) is 0.600. The molecule has 20 heavy (non-hydrogen) atoms. The molecule has 0 bridgehead atoms. The summed E-state index contributed by atoms with van der Waals surface area (Å²) in [6.45, 7) is 7.08. The van der Waals surface area contributed by atoms with Gasteiger partial charge in [0.05, 0.1) is 22.3 Å². The number of rotatable bonds is 4. The summed E-state index contributed by atoms with van der Waals surface area (Å²) >= 11 is 12.2. The van der Waals surface area contributed by atoms with Gasteiger partial charge < -0.3 is 10.5 Å². The van der Waals surface area contributed by atoms with Crippen molar-refractivity contribution in [3.63, 3.8) is 0 Å². The predicted molar refractivity (Wildman–Crippen MR) is 84.5 cm³/mol. The molecular weight excluding hydrogens is 295 g/mol. The van der Waals surface area contributed by atoms with Crippen LogP contribution in [-0.4, -0.2) is 36.7 Å². The second kappa shape index (κ2) is 7.10. The summed E-state index contributed by atoms with van der Waals surface area (Å²) in [6, 6.07) is 5.53. The Morgan fingerprint density at radius 3 is 2.60 bits per heavy atom. The second-order valence-corrected chi connectivity index (χ2v) is 6.34. The Bertz CT molecular complexity index is 445. The summed E-state index contributed by atoms with van der Waals surface area (Å²) in [5.41, 5.74) is 7.17. The fourth-order valence-electron chi connectivity index (χ4n) is 2.75. The highest BCUT2D eigenvalue weighted by Gasteiger charge is 2.22. The minimum absolute atomic E-state index is 0.0883. The monoisotopic (exact) mass is 316 g/mol. The Kier molecular flexibility index (Phi) is 5.70. The van der Waals surface area contributed by atoms with Crippen LogP contribution in [0.1, 0.15) is 31.9 Å². The van der Waals surface area contributed by atoms with Gasteiger partial charge in [-0.05, 0) is 31.9 Å². The van der Waals surface area contributed by atoms with Crippen molar-refractivity contribution in [3.05, 3.63) is 33.8 Å². The molecule has 3 nitrogen and oxygen atoms in total. The standard InChI is InChI=1S/C15H22Cl2N2O/c1-10-8-19(9-11(2)20-10)7-6-14(18)12-4-3-5-13(16)15(12)17/h3-5,10-11,14H,6-9,18H2,1-2H3. The van der Waals surface area contributed by atoms with E-state index in [1.54, 1.807) is 6.07 Å². The maximum atomic E-state index is 6.25. The number of nitrogens with zero attached hydrogens (tertiary/aromatic N) is 1. The van der Waals surface area contributed by atoms with E-state index in [0.717, 1.165) is 31.6 Å². The highest BCUT2D eigenvalue weighted by molar-refractivity contribution is 6.42. The molecule has 0 aromatic heterocycles.